The summed E-state index contributed by atoms with van der Waals surface area (Å²) in [5, 5.41) is 11.6. The number of hydrogen-bond acceptors (Lipinski definition) is 5. The first-order valence-electron chi connectivity index (χ1n) is 4.59. The summed E-state index contributed by atoms with van der Waals surface area (Å²) in [6, 6.07) is 7.63. The molecule has 1 aromatic heterocycles. The van der Waals surface area contributed by atoms with E-state index in [1.165, 1.54) is 11.3 Å². The van der Waals surface area contributed by atoms with Crippen molar-refractivity contribution < 1.29 is 0 Å². The minimum atomic E-state index is 0.558. The van der Waals surface area contributed by atoms with E-state index in [0.29, 0.717) is 9.47 Å². The highest BCUT2D eigenvalue weighted by Crippen LogP contribution is 2.27. The highest BCUT2D eigenvalue weighted by atomic mass is 35.5. The number of hydrogen-bond donors (Lipinski definition) is 1. The van der Waals surface area contributed by atoms with Crippen molar-refractivity contribution in [2.75, 3.05) is 12.4 Å². The van der Waals surface area contributed by atoms with Gasteiger partial charge in [0, 0.05) is 12.7 Å². The molecule has 2 rings (SSSR count). The zero-order valence-electron chi connectivity index (χ0n) is 8.51. The van der Waals surface area contributed by atoms with Gasteiger partial charge in [0.1, 0.15) is 4.34 Å². The SMILES string of the molecule is CNc1ccc(N=Nc2ncc(Cl)s2)cc1. The van der Waals surface area contributed by atoms with Gasteiger partial charge in [-0.1, -0.05) is 22.9 Å². The predicted molar refractivity (Wildman–Crippen MR) is 67.3 cm³/mol. The van der Waals surface area contributed by atoms with Crippen LogP contribution in [0, 0.1) is 0 Å². The first-order valence-corrected chi connectivity index (χ1v) is 5.78. The molecule has 0 saturated carbocycles. The van der Waals surface area contributed by atoms with Crippen LogP contribution in [0.3, 0.4) is 0 Å². The molecular formula is C10H9ClN4S. The van der Waals surface area contributed by atoms with Gasteiger partial charge in [0.05, 0.1) is 11.9 Å². The van der Waals surface area contributed by atoms with E-state index < -0.39 is 0 Å². The summed E-state index contributed by atoms with van der Waals surface area (Å²) in [7, 11) is 1.87. The van der Waals surface area contributed by atoms with Crippen LogP contribution in [0.2, 0.25) is 4.34 Å². The second-order valence-corrected chi connectivity index (χ2v) is 4.58. The maximum absolute atomic E-state index is 5.73. The number of thiazole rings is 1. The number of azo groups is 1. The Morgan fingerprint density at radius 1 is 1.25 bits per heavy atom. The van der Waals surface area contributed by atoms with Crippen LogP contribution in [0.4, 0.5) is 16.5 Å². The highest BCUT2D eigenvalue weighted by molar-refractivity contribution is 7.19. The van der Waals surface area contributed by atoms with Crippen molar-refractivity contribution in [1.82, 2.24) is 4.98 Å². The molecule has 2 aromatic rings. The van der Waals surface area contributed by atoms with Gasteiger partial charge in [-0.3, -0.25) is 0 Å². The van der Waals surface area contributed by atoms with Crippen molar-refractivity contribution in [2.45, 2.75) is 0 Å². The van der Waals surface area contributed by atoms with E-state index in [2.05, 4.69) is 20.5 Å². The van der Waals surface area contributed by atoms with Crippen LogP contribution < -0.4 is 5.32 Å². The summed E-state index contributed by atoms with van der Waals surface area (Å²) < 4.78 is 0.611. The van der Waals surface area contributed by atoms with E-state index in [4.69, 9.17) is 11.6 Å². The van der Waals surface area contributed by atoms with Crippen LogP contribution in [0.15, 0.2) is 40.7 Å². The van der Waals surface area contributed by atoms with Gasteiger partial charge in [0.2, 0.25) is 5.13 Å². The maximum atomic E-state index is 5.73. The topological polar surface area (TPSA) is 49.6 Å². The smallest absolute Gasteiger partial charge is 0.231 e. The standard InChI is InChI=1S/C10H9ClN4S/c1-12-7-2-4-8(5-3-7)14-15-10-13-6-9(11)16-10/h2-6,12H,1H3. The summed E-state index contributed by atoms with van der Waals surface area (Å²) in [5.41, 5.74) is 1.82. The van der Waals surface area contributed by atoms with E-state index in [1.807, 2.05) is 31.3 Å². The fraction of sp³-hybridized carbons (Fsp3) is 0.100. The summed E-state index contributed by atoms with van der Waals surface area (Å²) in [4.78, 5) is 3.98. The normalized spacial score (nSPS) is 10.9. The fourth-order valence-corrected chi connectivity index (χ4v) is 1.81. The quantitative estimate of drug-likeness (QED) is 0.830. The zero-order valence-corrected chi connectivity index (χ0v) is 10.1. The van der Waals surface area contributed by atoms with Crippen molar-refractivity contribution in [3.05, 3.63) is 34.8 Å². The molecule has 1 heterocycles. The van der Waals surface area contributed by atoms with Gasteiger partial charge in [0.15, 0.2) is 0 Å². The van der Waals surface area contributed by atoms with E-state index in [1.54, 1.807) is 6.20 Å². The number of benzene rings is 1. The Labute approximate surface area is 102 Å². The molecule has 4 nitrogen and oxygen atoms in total. The molecule has 1 aromatic carbocycles. The van der Waals surface area contributed by atoms with Gasteiger partial charge in [-0.2, -0.15) is 0 Å². The number of anilines is 1. The molecular weight excluding hydrogens is 244 g/mol. The summed E-state index contributed by atoms with van der Waals surface area (Å²) in [6.45, 7) is 0. The summed E-state index contributed by atoms with van der Waals surface area (Å²) >= 11 is 7.02. The van der Waals surface area contributed by atoms with Crippen LogP contribution in [0.5, 0.6) is 0 Å². The second kappa shape index (κ2) is 5.05. The Morgan fingerprint density at radius 2 is 2.00 bits per heavy atom. The molecule has 0 atom stereocenters. The second-order valence-electron chi connectivity index (χ2n) is 2.94. The molecule has 0 amide bonds. The van der Waals surface area contributed by atoms with E-state index in [-0.39, 0.29) is 0 Å². The Morgan fingerprint density at radius 3 is 2.56 bits per heavy atom. The van der Waals surface area contributed by atoms with Gasteiger partial charge >= 0.3 is 0 Å². The molecule has 0 fully saturated rings. The fourth-order valence-electron chi connectivity index (χ4n) is 1.09. The van der Waals surface area contributed by atoms with Gasteiger partial charge in [-0.05, 0) is 24.3 Å². The average molecular weight is 253 g/mol. The lowest BCUT2D eigenvalue weighted by molar-refractivity contribution is 1.20. The molecule has 0 aliphatic heterocycles. The lowest BCUT2D eigenvalue weighted by Crippen LogP contribution is -1.84. The van der Waals surface area contributed by atoms with Crippen LogP contribution in [-0.2, 0) is 0 Å². The number of nitrogens with one attached hydrogen (secondary N) is 1. The summed E-state index contributed by atoms with van der Waals surface area (Å²) in [6.07, 6.45) is 1.56. The lowest BCUT2D eigenvalue weighted by atomic mass is 10.3. The van der Waals surface area contributed by atoms with Gasteiger partial charge in [-0.25, -0.2) is 4.98 Å². The van der Waals surface area contributed by atoms with Crippen LogP contribution in [-0.4, -0.2) is 12.0 Å². The molecule has 16 heavy (non-hydrogen) atoms. The molecule has 82 valence electrons. The van der Waals surface area contributed by atoms with Crippen LogP contribution >= 0.6 is 22.9 Å². The van der Waals surface area contributed by atoms with Crippen molar-refractivity contribution in [3.8, 4) is 0 Å². The minimum absolute atomic E-state index is 0.558. The molecule has 0 bridgehead atoms. The number of halogens is 1. The van der Waals surface area contributed by atoms with Gasteiger partial charge in [0.25, 0.3) is 0 Å². The number of aromatic nitrogens is 1. The van der Waals surface area contributed by atoms with E-state index >= 15 is 0 Å². The molecule has 0 radical (unpaired) electrons. The highest BCUT2D eigenvalue weighted by Gasteiger charge is 1.97. The third-order valence-electron chi connectivity index (χ3n) is 1.87. The molecule has 0 saturated heterocycles. The number of rotatable bonds is 3. The first kappa shape index (κ1) is 11.0. The Kier molecular flexibility index (Phi) is 3.48. The van der Waals surface area contributed by atoms with E-state index in [0.717, 1.165) is 11.4 Å². The first-order chi connectivity index (χ1) is 7.78. The third kappa shape index (κ3) is 2.77. The van der Waals surface area contributed by atoms with Crippen molar-refractivity contribution in [3.63, 3.8) is 0 Å². The van der Waals surface area contributed by atoms with Crippen LogP contribution in [0.25, 0.3) is 0 Å². The molecule has 0 aliphatic rings. The average Bonchev–Trinajstić information content (AvgIpc) is 2.73. The Hall–Kier alpha value is -1.46. The monoisotopic (exact) mass is 252 g/mol. The third-order valence-corrected chi connectivity index (χ3v) is 2.87. The van der Waals surface area contributed by atoms with Crippen molar-refractivity contribution in [1.29, 1.82) is 0 Å². The van der Waals surface area contributed by atoms with Crippen LogP contribution in [0.1, 0.15) is 0 Å². The van der Waals surface area contributed by atoms with Crippen molar-refractivity contribution in [2.24, 2.45) is 10.2 Å². The Bertz CT molecular complexity index is 492. The molecule has 0 unspecified atom stereocenters. The summed E-state index contributed by atoms with van der Waals surface area (Å²) in [5.74, 6) is 0. The molecule has 1 N–H and O–H groups in total. The molecule has 0 spiro atoms. The van der Waals surface area contributed by atoms with E-state index in [9.17, 15) is 0 Å². The predicted octanol–water partition coefficient (Wildman–Crippen LogP) is 4.25. The minimum Gasteiger partial charge on any atom is -0.388 e. The number of nitrogens with zero attached hydrogens (tertiary/aromatic N) is 3. The molecule has 0 aliphatic carbocycles. The van der Waals surface area contributed by atoms with Gasteiger partial charge < -0.3 is 5.32 Å². The Balaban J connectivity index is 2.11. The zero-order chi connectivity index (χ0) is 11.4. The van der Waals surface area contributed by atoms with Gasteiger partial charge in [-0.15, -0.1) is 10.2 Å². The molecule has 6 heteroatoms. The largest absolute Gasteiger partial charge is 0.388 e. The lowest BCUT2D eigenvalue weighted by Gasteiger charge is -1.97. The van der Waals surface area contributed by atoms with Crippen molar-refractivity contribution >= 4 is 39.4 Å². The maximum Gasteiger partial charge on any atom is 0.231 e.